The number of hydrogen-bond acceptors (Lipinski definition) is 3. The van der Waals surface area contributed by atoms with Crippen LogP contribution in [0.3, 0.4) is 0 Å². The highest BCUT2D eigenvalue weighted by molar-refractivity contribution is 6.07. The van der Waals surface area contributed by atoms with Crippen LogP contribution in [0.1, 0.15) is 27.0 Å². The molecule has 1 amide bonds. The van der Waals surface area contributed by atoms with Crippen LogP contribution in [-0.4, -0.2) is 17.4 Å². The Bertz CT molecular complexity index is 981. The summed E-state index contributed by atoms with van der Waals surface area (Å²) < 4.78 is 0. The van der Waals surface area contributed by atoms with E-state index in [0.29, 0.717) is 12.1 Å². The highest BCUT2D eigenvalue weighted by Gasteiger charge is 2.25. The SMILES string of the molecule is Cc1cccc(Nc2cncc(C(=O)N3CCc4ccccc43)c2)c1C. The summed E-state index contributed by atoms with van der Waals surface area (Å²) in [7, 11) is 0. The number of hydrogen-bond donors (Lipinski definition) is 1. The summed E-state index contributed by atoms with van der Waals surface area (Å²) in [6.07, 6.45) is 4.28. The van der Waals surface area contributed by atoms with Gasteiger partial charge in [-0.25, -0.2) is 0 Å². The minimum Gasteiger partial charge on any atom is -0.354 e. The van der Waals surface area contributed by atoms with Crippen LogP contribution in [0, 0.1) is 13.8 Å². The van der Waals surface area contributed by atoms with Gasteiger partial charge in [-0.05, 0) is 55.2 Å². The molecule has 3 aromatic rings. The topological polar surface area (TPSA) is 45.2 Å². The number of rotatable bonds is 3. The van der Waals surface area contributed by atoms with E-state index in [1.165, 1.54) is 16.7 Å². The highest BCUT2D eigenvalue weighted by atomic mass is 16.2. The summed E-state index contributed by atoms with van der Waals surface area (Å²) in [6.45, 7) is 4.89. The monoisotopic (exact) mass is 343 g/mol. The van der Waals surface area contributed by atoms with Crippen LogP contribution in [0.4, 0.5) is 17.1 Å². The molecule has 0 radical (unpaired) electrons. The molecule has 130 valence electrons. The van der Waals surface area contributed by atoms with Gasteiger partial charge in [0, 0.05) is 24.1 Å². The molecule has 4 heteroatoms. The first-order valence-corrected chi connectivity index (χ1v) is 8.81. The molecule has 1 N–H and O–H groups in total. The number of anilines is 3. The molecule has 1 aliphatic heterocycles. The van der Waals surface area contributed by atoms with Crippen LogP contribution in [-0.2, 0) is 6.42 Å². The molecule has 1 aromatic heterocycles. The third-order valence-electron chi connectivity index (χ3n) is 5.00. The zero-order valence-electron chi connectivity index (χ0n) is 15.0. The van der Waals surface area contributed by atoms with Crippen LogP contribution in [0.2, 0.25) is 0 Å². The molecule has 0 saturated carbocycles. The van der Waals surface area contributed by atoms with Gasteiger partial charge in [0.25, 0.3) is 5.91 Å². The average Bonchev–Trinajstić information content (AvgIpc) is 3.09. The van der Waals surface area contributed by atoms with Crippen LogP contribution in [0.5, 0.6) is 0 Å². The van der Waals surface area contributed by atoms with Gasteiger partial charge in [-0.3, -0.25) is 9.78 Å². The van der Waals surface area contributed by atoms with Crippen molar-refractivity contribution in [1.82, 2.24) is 4.98 Å². The molecule has 0 saturated heterocycles. The Hall–Kier alpha value is -3.14. The maximum Gasteiger partial charge on any atom is 0.259 e. The number of carbonyl (C=O) groups is 1. The Balaban J connectivity index is 1.60. The summed E-state index contributed by atoms with van der Waals surface area (Å²) in [5.74, 6) is -0.00735. The summed E-state index contributed by atoms with van der Waals surface area (Å²) >= 11 is 0. The average molecular weight is 343 g/mol. The number of para-hydroxylation sites is 1. The van der Waals surface area contributed by atoms with Crippen LogP contribution < -0.4 is 10.2 Å². The molecule has 4 nitrogen and oxygen atoms in total. The van der Waals surface area contributed by atoms with Gasteiger partial charge in [0.2, 0.25) is 0 Å². The molecule has 2 heterocycles. The molecular formula is C22H21N3O. The first-order valence-electron chi connectivity index (χ1n) is 8.81. The Kier molecular flexibility index (Phi) is 4.17. The van der Waals surface area contributed by atoms with E-state index >= 15 is 0 Å². The van der Waals surface area contributed by atoms with Gasteiger partial charge >= 0.3 is 0 Å². The number of carbonyl (C=O) groups excluding carboxylic acids is 1. The predicted molar refractivity (Wildman–Crippen MR) is 105 cm³/mol. The fourth-order valence-corrected chi connectivity index (χ4v) is 3.37. The maximum absolute atomic E-state index is 13.0. The number of benzene rings is 2. The van der Waals surface area contributed by atoms with Crippen molar-refractivity contribution in [2.24, 2.45) is 0 Å². The molecule has 0 unspecified atom stereocenters. The van der Waals surface area contributed by atoms with Crippen molar-refractivity contribution >= 4 is 23.0 Å². The van der Waals surface area contributed by atoms with E-state index < -0.39 is 0 Å². The van der Waals surface area contributed by atoms with E-state index in [4.69, 9.17) is 0 Å². The van der Waals surface area contributed by atoms with Gasteiger partial charge in [-0.2, -0.15) is 0 Å². The van der Waals surface area contributed by atoms with Crippen molar-refractivity contribution in [2.75, 3.05) is 16.8 Å². The van der Waals surface area contributed by atoms with E-state index in [0.717, 1.165) is 23.5 Å². The molecule has 0 fully saturated rings. The second-order valence-electron chi connectivity index (χ2n) is 6.67. The summed E-state index contributed by atoms with van der Waals surface area (Å²) in [4.78, 5) is 19.1. The molecule has 0 spiro atoms. The normalized spacial score (nSPS) is 12.8. The van der Waals surface area contributed by atoms with Crippen molar-refractivity contribution in [3.8, 4) is 0 Å². The Morgan fingerprint density at radius 2 is 1.92 bits per heavy atom. The fourth-order valence-electron chi connectivity index (χ4n) is 3.37. The van der Waals surface area contributed by atoms with Crippen molar-refractivity contribution in [3.05, 3.63) is 83.2 Å². The summed E-state index contributed by atoms with van der Waals surface area (Å²) in [5, 5.41) is 3.38. The Labute approximate surface area is 153 Å². The van der Waals surface area contributed by atoms with E-state index in [2.05, 4.69) is 36.3 Å². The lowest BCUT2D eigenvalue weighted by molar-refractivity contribution is 0.0989. The number of fused-ring (bicyclic) bond motifs is 1. The largest absolute Gasteiger partial charge is 0.354 e. The second kappa shape index (κ2) is 6.64. The summed E-state index contributed by atoms with van der Waals surface area (Å²) in [6, 6.07) is 16.1. The third-order valence-corrected chi connectivity index (χ3v) is 5.00. The highest BCUT2D eigenvalue weighted by Crippen LogP contribution is 2.29. The summed E-state index contributed by atoms with van der Waals surface area (Å²) in [5.41, 5.74) is 7.09. The molecule has 0 bridgehead atoms. The molecule has 0 atom stereocenters. The van der Waals surface area contributed by atoms with Crippen LogP contribution in [0.25, 0.3) is 0 Å². The smallest absolute Gasteiger partial charge is 0.259 e. The van der Waals surface area contributed by atoms with E-state index in [1.54, 1.807) is 12.4 Å². The number of aromatic nitrogens is 1. The van der Waals surface area contributed by atoms with Gasteiger partial charge in [0.05, 0.1) is 17.4 Å². The molecule has 26 heavy (non-hydrogen) atoms. The minimum absolute atomic E-state index is 0.00735. The zero-order chi connectivity index (χ0) is 18.1. The standard InChI is InChI=1S/C22H21N3O/c1-15-6-5-8-20(16(15)2)24-19-12-18(13-23-14-19)22(26)25-11-10-17-7-3-4-9-21(17)25/h3-9,12-14,24H,10-11H2,1-2H3. The lowest BCUT2D eigenvalue weighted by atomic mass is 10.1. The minimum atomic E-state index is -0.00735. The fraction of sp³-hybridized carbons (Fsp3) is 0.182. The predicted octanol–water partition coefficient (Wildman–Crippen LogP) is 4.64. The van der Waals surface area contributed by atoms with Crippen molar-refractivity contribution in [3.63, 3.8) is 0 Å². The van der Waals surface area contributed by atoms with E-state index in [1.807, 2.05) is 41.3 Å². The van der Waals surface area contributed by atoms with E-state index in [9.17, 15) is 4.79 Å². The second-order valence-corrected chi connectivity index (χ2v) is 6.67. The lowest BCUT2D eigenvalue weighted by Gasteiger charge is -2.18. The number of aryl methyl sites for hydroxylation is 1. The molecule has 0 aliphatic carbocycles. The van der Waals surface area contributed by atoms with Gasteiger partial charge in [0.1, 0.15) is 0 Å². The Morgan fingerprint density at radius 3 is 2.81 bits per heavy atom. The lowest BCUT2D eigenvalue weighted by Crippen LogP contribution is -2.29. The van der Waals surface area contributed by atoms with Gasteiger partial charge in [0.15, 0.2) is 0 Å². The molecule has 1 aliphatic rings. The number of amides is 1. The molecule has 2 aromatic carbocycles. The molecular weight excluding hydrogens is 322 g/mol. The van der Waals surface area contributed by atoms with Gasteiger partial charge in [-0.1, -0.05) is 30.3 Å². The first-order chi connectivity index (χ1) is 12.6. The Morgan fingerprint density at radius 1 is 1.08 bits per heavy atom. The quantitative estimate of drug-likeness (QED) is 0.753. The number of nitrogens with zero attached hydrogens (tertiary/aromatic N) is 2. The zero-order valence-corrected chi connectivity index (χ0v) is 15.0. The van der Waals surface area contributed by atoms with Crippen LogP contribution in [0.15, 0.2) is 60.9 Å². The molecule has 4 rings (SSSR count). The van der Waals surface area contributed by atoms with Crippen molar-refractivity contribution in [2.45, 2.75) is 20.3 Å². The van der Waals surface area contributed by atoms with Crippen molar-refractivity contribution in [1.29, 1.82) is 0 Å². The first kappa shape index (κ1) is 16.3. The third kappa shape index (κ3) is 2.94. The van der Waals surface area contributed by atoms with Crippen molar-refractivity contribution < 1.29 is 4.79 Å². The number of pyridine rings is 1. The van der Waals surface area contributed by atoms with E-state index in [-0.39, 0.29) is 5.91 Å². The number of nitrogens with one attached hydrogen (secondary N) is 1. The maximum atomic E-state index is 13.0. The van der Waals surface area contributed by atoms with Gasteiger partial charge < -0.3 is 10.2 Å². The van der Waals surface area contributed by atoms with Crippen LogP contribution >= 0.6 is 0 Å². The van der Waals surface area contributed by atoms with Gasteiger partial charge in [-0.15, -0.1) is 0 Å².